The average Bonchev–Trinajstić information content (AvgIpc) is 2.93. The van der Waals surface area contributed by atoms with Gasteiger partial charge in [0.15, 0.2) is 0 Å². The molecule has 0 spiro atoms. The fourth-order valence-corrected chi connectivity index (χ4v) is 2.54. The molecular weight excluding hydrogens is 244 g/mol. The number of nitrogens with zero attached hydrogens (tertiary/aromatic N) is 2. The molecule has 0 aliphatic carbocycles. The van der Waals surface area contributed by atoms with E-state index in [-0.39, 0.29) is 12.6 Å². The molecule has 0 amide bonds. The molecule has 0 aliphatic heterocycles. The summed E-state index contributed by atoms with van der Waals surface area (Å²) in [6, 6.07) is 10.3. The Labute approximate surface area is 112 Å². The highest BCUT2D eigenvalue weighted by Crippen LogP contribution is 2.21. The number of anilines is 1. The minimum Gasteiger partial charge on any atom is -0.394 e. The number of benzene rings is 1. The van der Waals surface area contributed by atoms with Gasteiger partial charge in [-0.25, -0.2) is 4.98 Å². The van der Waals surface area contributed by atoms with Crippen molar-refractivity contribution in [3.63, 3.8) is 0 Å². The van der Waals surface area contributed by atoms with Crippen molar-refractivity contribution < 1.29 is 5.11 Å². The summed E-state index contributed by atoms with van der Waals surface area (Å²) in [7, 11) is 0. The molecule has 0 saturated heterocycles. The predicted molar refractivity (Wildman–Crippen MR) is 75.9 cm³/mol. The first kappa shape index (κ1) is 13.1. The third-order valence-electron chi connectivity index (χ3n) is 3.03. The Balaban J connectivity index is 2.22. The summed E-state index contributed by atoms with van der Waals surface area (Å²) in [5.41, 5.74) is 4.03. The van der Waals surface area contributed by atoms with Gasteiger partial charge >= 0.3 is 0 Å². The van der Waals surface area contributed by atoms with Crippen LogP contribution in [0.25, 0.3) is 0 Å². The number of rotatable bonds is 6. The first-order chi connectivity index (χ1) is 8.85. The standard InChI is InChI=1S/C14H18N2OS/c1-2-13(9-17)16(8-12-10-18-11-15-12)14-6-4-3-5-7-14/h3-7,10-11,13,17H,2,8-9H2,1H3/t13-/m1/s1. The van der Waals surface area contributed by atoms with Crippen molar-refractivity contribution >= 4 is 17.0 Å². The largest absolute Gasteiger partial charge is 0.394 e. The first-order valence-corrected chi connectivity index (χ1v) is 7.09. The van der Waals surface area contributed by atoms with E-state index in [1.54, 1.807) is 11.3 Å². The van der Waals surface area contributed by atoms with Crippen LogP contribution in [0, 0.1) is 0 Å². The number of thiazole rings is 1. The van der Waals surface area contributed by atoms with Crippen molar-refractivity contribution in [2.24, 2.45) is 0 Å². The first-order valence-electron chi connectivity index (χ1n) is 6.14. The molecule has 2 rings (SSSR count). The van der Waals surface area contributed by atoms with E-state index >= 15 is 0 Å². The van der Waals surface area contributed by atoms with Crippen LogP contribution in [-0.2, 0) is 6.54 Å². The van der Waals surface area contributed by atoms with Gasteiger partial charge in [0, 0.05) is 11.1 Å². The molecule has 18 heavy (non-hydrogen) atoms. The van der Waals surface area contributed by atoms with Crippen LogP contribution in [0.15, 0.2) is 41.2 Å². The third-order valence-corrected chi connectivity index (χ3v) is 3.66. The maximum Gasteiger partial charge on any atom is 0.0795 e. The Bertz CT molecular complexity index is 440. The van der Waals surface area contributed by atoms with Gasteiger partial charge in [-0.05, 0) is 18.6 Å². The molecule has 1 aromatic heterocycles. The molecule has 3 nitrogen and oxygen atoms in total. The molecule has 0 saturated carbocycles. The van der Waals surface area contributed by atoms with E-state index in [1.165, 1.54) is 0 Å². The highest BCUT2D eigenvalue weighted by molar-refractivity contribution is 7.07. The number of aliphatic hydroxyl groups excluding tert-OH is 1. The van der Waals surface area contributed by atoms with Crippen molar-refractivity contribution in [1.29, 1.82) is 0 Å². The average molecular weight is 262 g/mol. The molecule has 1 N–H and O–H groups in total. The summed E-state index contributed by atoms with van der Waals surface area (Å²) >= 11 is 1.60. The van der Waals surface area contributed by atoms with Crippen LogP contribution < -0.4 is 4.90 Å². The Morgan fingerprint density at radius 2 is 2.11 bits per heavy atom. The van der Waals surface area contributed by atoms with Crippen LogP contribution in [0.1, 0.15) is 19.0 Å². The van der Waals surface area contributed by atoms with E-state index < -0.39 is 0 Å². The normalized spacial score (nSPS) is 12.3. The van der Waals surface area contributed by atoms with Crippen molar-refractivity contribution in [3.05, 3.63) is 46.9 Å². The summed E-state index contributed by atoms with van der Waals surface area (Å²) in [5, 5.41) is 11.6. The van der Waals surface area contributed by atoms with E-state index in [4.69, 9.17) is 0 Å². The zero-order valence-corrected chi connectivity index (χ0v) is 11.3. The molecule has 4 heteroatoms. The molecule has 0 unspecified atom stereocenters. The molecule has 0 aliphatic rings. The van der Waals surface area contributed by atoms with Gasteiger partial charge in [-0.2, -0.15) is 0 Å². The van der Waals surface area contributed by atoms with Gasteiger partial charge in [0.2, 0.25) is 0 Å². The minimum absolute atomic E-state index is 0.133. The van der Waals surface area contributed by atoms with E-state index in [0.717, 1.165) is 24.3 Å². The second-order valence-electron chi connectivity index (χ2n) is 4.19. The highest BCUT2D eigenvalue weighted by atomic mass is 32.1. The van der Waals surface area contributed by atoms with Gasteiger partial charge < -0.3 is 10.0 Å². The van der Waals surface area contributed by atoms with Crippen molar-refractivity contribution in [2.75, 3.05) is 11.5 Å². The maximum absolute atomic E-state index is 9.53. The molecule has 0 fully saturated rings. The molecule has 1 heterocycles. The molecule has 0 bridgehead atoms. The lowest BCUT2D eigenvalue weighted by atomic mass is 10.1. The molecule has 1 atom stereocenters. The van der Waals surface area contributed by atoms with E-state index in [1.807, 2.05) is 23.7 Å². The number of aromatic nitrogens is 1. The maximum atomic E-state index is 9.53. The second-order valence-corrected chi connectivity index (χ2v) is 4.91. The SMILES string of the molecule is CC[C@H](CO)N(Cc1cscn1)c1ccccc1. The van der Waals surface area contributed by atoms with Gasteiger partial charge in [0.05, 0.1) is 30.4 Å². The van der Waals surface area contributed by atoms with Crippen LogP contribution in [-0.4, -0.2) is 22.7 Å². The monoisotopic (exact) mass is 262 g/mol. The third kappa shape index (κ3) is 3.09. The lowest BCUT2D eigenvalue weighted by Crippen LogP contribution is -2.37. The van der Waals surface area contributed by atoms with Crippen LogP contribution in [0.4, 0.5) is 5.69 Å². The van der Waals surface area contributed by atoms with Crippen LogP contribution >= 0.6 is 11.3 Å². The summed E-state index contributed by atoms with van der Waals surface area (Å²) < 4.78 is 0. The van der Waals surface area contributed by atoms with E-state index in [0.29, 0.717) is 0 Å². The zero-order chi connectivity index (χ0) is 12.8. The van der Waals surface area contributed by atoms with Crippen LogP contribution in [0.3, 0.4) is 0 Å². The van der Waals surface area contributed by atoms with Gasteiger partial charge in [-0.15, -0.1) is 11.3 Å². The second kappa shape index (κ2) is 6.52. The minimum atomic E-state index is 0.133. The lowest BCUT2D eigenvalue weighted by Gasteiger charge is -2.31. The van der Waals surface area contributed by atoms with Crippen LogP contribution in [0.5, 0.6) is 0 Å². The Kier molecular flexibility index (Phi) is 4.73. The molecular formula is C14H18N2OS. The number of aliphatic hydroxyl groups is 1. The Morgan fingerprint density at radius 3 is 2.67 bits per heavy atom. The Hall–Kier alpha value is -1.39. The summed E-state index contributed by atoms with van der Waals surface area (Å²) in [6.07, 6.45) is 0.912. The smallest absolute Gasteiger partial charge is 0.0795 e. The molecule has 0 radical (unpaired) electrons. The summed E-state index contributed by atoms with van der Waals surface area (Å²) in [6.45, 7) is 3.00. The molecule has 2 aromatic rings. The number of hydrogen-bond donors (Lipinski definition) is 1. The van der Waals surface area contributed by atoms with Crippen molar-refractivity contribution in [2.45, 2.75) is 25.9 Å². The molecule has 1 aromatic carbocycles. The van der Waals surface area contributed by atoms with Crippen molar-refractivity contribution in [3.8, 4) is 0 Å². The Morgan fingerprint density at radius 1 is 1.33 bits per heavy atom. The number of para-hydroxylation sites is 1. The summed E-state index contributed by atoms with van der Waals surface area (Å²) in [5.74, 6) is 0. The van der Waals surface area contributed by atoms with Crippen LogP contribution in [0.2, 0.25) is 0 Å². The summed E-state index contributed by atoms with van der Waals surface area (Å²) in [4.78, 5) is 6.55. The van der Waals surface area contributed by atoms with Crippen molar-refractivity contribution in [1.82, 2.24) is 4.98 Å². The quantitative estimate of drug-likeness (QED) is 0.869. The van der Waals surface area contributed by atoms with E-state index in [2.05, 4.69) is 34.3 Å². The highest BCUT2D eigenvalue weighted by Gasteiger charge is 2.17. The number of hydrogen-bond acceptors (Lipinski definition) is 4. The van der Waals surface area contributed by atoms with Gasteiger partial charge in [0.25, 0.3) is 0 Å². The molecule has 96 valence electrons. The predicted octanol–water partition coefficient (Wildman–Crippen LogP) is 2.92. The van der Waals surface area contributed by atoms with Gasteiger partial charge in [-0.1, -0.05) is 25.1 Å². The fraction of sp³-hybridized carbons (Fsp3) is 0.357. The fourth-order valence-electron chi connectivity index (χ4n) is 1.99. The topological polar surface area (TPSA) is 36.4 Å². The zero-order valence-electron chi connectivity index (χ0n) is 10.5. The van der Waals surface area contributed by atoms with Gasteiger partial charge in [0.1, 0.15) is 0 Å². The lowest BCUT2D eigenvalue weighted by molar-refractivity contribution is 0.255. The van der Waals surface area contributed by atoms with E-state index in [9.17, 15) is 5.11 Å². The van der Waals surface area contributed by atoms with Gasteiger partial charge in [-0.3, -0.25) is 0 Å².